The van der Waals surface area contributed by atoms with Gasteiger partial charge in [0.15, 0.2) is 0 Å². The number of nitrogen functional groups attached to an aromatic ring is 1. The van der Waals surface area contributed by atoms with Crippen molar-refractivity contribution >= 4 is 23.1 Å². The van der Waals surface area contributed by atoms with Crippen molar-refractivity contribution in [1.82, 2.24) is 4.98 Å². The first-order chi connectivity index (χ1) is 10.1. The molecule has 0 aliphatic rings. The fraction of sp³-hybridized carbons (Fsp3) is 0.312. The van der Waals surface area contributed by atoms with E-state index in [4.69, 9.17) is 22.1 Å². The molecule has 0 radical (unpaired) electrons. The number of halogens is 1. The van der Waals surface area contributed by atoms with Crippen LogP contribution in [0.2, 0.25) is 5.02 Å². The van der Waals surface area contributed by atoms with Crippen LogP contribution in [0.1, 0.15) is 18.9 Å². The monoisotopic (exact) mass is 305 g/mol. The Hall–Kier alpha value is -1.94. The molecule has 0 saturated heterocycles. The number of aromatic nitrogens is 1. The lowest BCUT2D eigenvalue weighted by Gasteiger charge is -2.19. The van der Waals surface area contributed by atoms with Crippen molar-refractivity contribution in [2.45, 2.75) is 19.9 Å². The largest absolute Gasteiger partial charge is 0.476 e. The number of rotatable bonds is 6. The summed E-state index contributed by atoms with van der Waals surface area (Å²) in [7, 11) is 1.98. The average molecular weight is 306 g/mol. The van der Waals surface area contributed by atoms with Gasteiger partial charge in [-0.1, -0.05) is 30.7 Å². The van der Waals surface area contributed by atoms with E-state index in [0.29, 0.717) is 18.2 Å². The van der Waals surface area contributed by atoms with Gasteiger partial charge in [-0.05, 0) is 36.2 Å². The summed E-state index contributed by atoms with van der Waals surface area (Å²) in [4.78, 5) is 6.52. The summed E-state index contributed by atoms with van der Waals surface area (Å²) in [5, 5.41) is 0.738. The Bertz CT molecular complexity index is 587. The Kier molecular flexibility index (Phi) is 5.28. The first kappa shape index (κ1) is 15.4. The first-order valence-electron chi connectivity index (χ1n) is 6.95. The molecule has 2 rings (SSSR count). The molecular weight excluding hydrogens is 286 g/mol. The van der Waals surface area contributed by atoms with Gasteiger partial charge in [-0.25, -0.2) is 0 Å². The number of hydrogen-bond donors (Lipinski definition) is 1. The van der Waals surface area contributed by atoms with E-state index in [9.17, 15) is 0 Å². The summed E-state index contributed by atoms with van der Waals surface area (Å²) in [5.41, 5.74) is 7.60. The van der Waals surface area contributed by atoms with Gasteiger partial charge in [0.05, 0.1) is 12.3 Å². The second-order valence-electron chi connectivity index (χ2n) is 4.89. The van der Waals surface area contributed by atoms with Crippen LogP contribution >= 0.6 is 11.6 Å². The number of nitrogens with zero attached hydrogens (tertiary/aromatic N) is 2. The number of ether oxygens (including phenoxy) is 1. The van der Waals surface area contributed by atoms with Crippen molar-refractivity contribution in [2.75, 3.05) is 24.3 Å². The number of pyridine rings is 1. The number of nitrogens with two attached hydrogens (primary N) is 1. The summed E-state index contributed by atoms with van der Waals surface area (Å²) in [6, 6.07) is 11.5. The predicted octanol–water partition coefficient (Wildman–Crippen LogP) is 3.74. The molecular formula is C16H20ClN3O. The minimum Gasteiger partial charge on any atom is -0.476 e. The van der Waals surface area contributed by atoms with Crippen molar-refractivity contribution in [2.24, 2.45) is 0 Å². The van der Waals surface area contributed by atoms with Gasteiger partial charge in [0, 0.05) is 18.6 Å². The van der Waals surface area contributed by atoms with E-state index in [1.807, 2.05) is 55.3 Å². The summed E-state index contributed by atoms with van der Waals surface area (Å²) < 4.78 is 5.56. The van der Waals surface area contributed by atoms with Crippen LogP contribution in [-0.2, 0) is 6.54 Å². The Morgan fingerprint density at radius 1 is 1.19 bits per heavy atom. The molecule has 2 aromatic rings. The van der Waals surface area contributed by atoms with Crippen molar-refractivity contribution in [3.8, 4) is 5.88 Å². The van der Waals surface area contributed by atoms with Gasteiger partial charge in [-0.15, -0.1) is 0 Å². The van der Waals surface area contributed by atoms with E-state index in [2.05, 4.69) is 4.98 Å². The lowest BCUT2D eigenvalue weighted by atomic mass is 10.2. The summed E-state index contributed by atoms with van der Waals surface area (Å²) in [6.45, 7) is 3.40. The quantitative estimate of drug-likeness (QED) is 0.883. The van der Waals surface area contributed by atoms with E-state index in [1.165, 1.54) is 0 Å². The lowest BCUT2D eigenvalue weighted by Crippen LogP contribution is -2.18. The third kappa shape index (κ3) is 4.26. The molecule has 0 aliphatic carbocycles. The van der Waals surface area contributed by atoms with Gasteiger partial charge in [0.2, 0.25) is 5.88 Å². The van der Waals surface area contributed by atoms with Crippen LogP contribution in [0, 0.1) is 0 Å². The lowest BCUT2D eigenvalue weighted by molar-refractivity contribution is 0.307. The molecule has 1 aromatic heterocycles. The molecule has 0 unspecified atom stereocenters. The van der Waals surface area contributed by atoms with Crippen LogP contribution in [0.3, 0.4) is 0 Å². The molecule has 0 saturated carbocycles. The maximum Gasteiger partial charge on any atom is 0.239 e. The molecule has 21 heavy (non-hydrogen) atoms. The van der Waals surface area contributed by atoms with Crippen molar-refractivity contribution < 1.29 is 4.74 Å². The van der Waals surface area contributed by atoms with Crippen LogP contribution < -0.4 is 15.4 Å². The summed E-state index contributed by atoms with van der Waals surface area (Å²) >= 11 is 5.90. The van der Waals surface area contributed by atoms with Crippen molar-refractivity contribution in [3.05, 3.63) is 47.0 Å². The van der Waals surface area contributed by atoms with Gasteiger partial charge in [0.25, 0.3) is 0 Å². The third-order valence-corrected chi connectivity index (χ3v) is 3.29. The third-order valence-electron chi connectivity index (χ3n) is 3.04. The second kappa shape index (κ2) is 7.18. The zero-order chi connectivity index (χ0) is 15.2. The minimum atomic E-state index is 0.498. The zero-order valence-corrected chi connectivity index (χ0v) is 13.1. The Labute approximate surface area is 130 Å². The standard InChI is InChI=1S/C16H20ClN3O/c1-3-10-21-16-14(18)8-9-15(19-16)20(2)11-12-4-6-13(17)7-5-12/h4-9H,3,10-11,18H2,1-2H3. The smallest absolute Gasteiger partial charge is 0.239 e. The summed E-state index contributed by atoms with van der Waals surface area (Å²) in [6.07, 6.45) is 0.923. The molecule has 0 spiro atoms. The Morgan fingerprint density at radius 3 is 2.57 bits per heavy atom. The Balaban J connectivity index is 2.11. The highest BCUT2D eigenvalue weighted by atomic mass is 35.5. The fourth-order valence-corrected chi connectivity index (χ4v) is 2.04. The second-order valence-corrected chi connectivity index (χ2v) is 5.33. The molecule has 0 atom stereocenters. The molecule has 5 heteroatoms. The SMILES string of the molecule is CCCOc1nc(N(C)Cc2ccc(Cl)cc2)ccc1N. The number of benzene rings is 1. The van der Waals surface area contributed by atoms with Gasteiger partial charge in [-0.3, -0.25) is 0 Å². The van der Waals surface area contributed by atoms with Crippen LogP contribution in [-0.4, -0.2) is 18.6 Å². The molecule has 0 bridgehead atoms. The molecule has 2 N–H and O–H groups in total. The normalized spacial score (nSPS) is 10.4. The van der Waals surface area contributed by atoms with Gasteiger partial charge >= 0.3 is 0 Å². The highest BCUT2D eigenvalue weighted by Crippen LogP contribution is 2.23. The molecule has 0 fully saturated rings. The summed E-state index contributed by atoms with van der Waals surface area (Å²) in [5.74, 6) is 1.32. The number of anilines is 2. The Morgan fingerprint density at radius 2 is 1.90 bits per heavy atom. The number of hydrogen-bond acceptors (Lipinski definition) is 4. The van der Waals surface area contributed by atoms with Gasteiger partial charge in [-0.2, -0.15) is 4.98 Å². The topological polar surface area (TPSA) is 51.4 Å². The van der Waals surface area contributed by atoms with Gasteiger partial charge in [0.1, 0.15) is 5.82 Å². The van der Waals surface area contributed by atoms with Crippen LogP contribution in [0.4, 0.5) is 11.5 Å². The zero-order valence-electron chi connectivity index (χ0n) is 12.3. The van der Waals surface area contributed by atoms with Crippen molar-refractivity contribution in [3.63, 3.8) is 0 Å². The molecule has 112 valence electrons. The molecule has 0 aliphatic heterocycles. The maximum absolute atomic E-state index is 5.90. The highest BCUT2D eigenvalue weighted by Gasteiger charge is 2.08. The van der Waals surface area contributed by atoms with E-state index in [-0.39, 0.29) is 0 Å². The highest BCUT2D eigenvalue weighted by molar-refractivity contribution is 6.30. The fourth-order valence-electron chi connectivity index (χ4n) is 1.91. The molecule has 1 aromatic carbocycles. The van der Waals surface area contributed by atoms with E-state index >= 15 is 0 Å². The minimum absolute atomic E-state index is 0.498. The van der Waals surface area contributed by atoms with E-state index < -0.39 is 0 Å². The average Bonchev–Trinajstić information content (AvgIpc) is 2.48. The maximum atomic E-state index is 5.90. The van der Waals surface area contributed by atoms with Gasteiger partial charge < -0.3 is 15.4 Å². The van der Waals surface area contributed by atoms with Crippen LogP contribution in [0.15, 0.2) is 36.4 Å². The molecule has 4 nitrogen and oxygen atoms in total. The van der Waals surface area contributed by atoms with Crippen LogP contribution in [0.5, 0.6) is 5.88 Å². The molecule has 0 amide bonds. The predicted molar refractivity (Wildman–Crippen MR) is 88.0 cm³/mol. The molecule has 1 heterocycles. The van der Waals surface area contributed by atoms with Crippen LogP contribution in [0.25, 0.3) is 0 Å². The first-order valence-corrected chi connectivity index (χ1v) is 7.33. The van der Waals surface area contributed by atoms with Crippen molar-refractivity contribution in [1.29, 1.82) is 0 Å². The van der Waals surface area contributed by atoms with E-state index in [1.54, 1.807) is 0 Å². The van der Waals surface area contributed by atoms with E-state index in [0.717, 1.165) is 29.4 Å².